The molecule has 1 aromatic carbocycles. The van der Waals surface area contributed by atoms with Crippen LogP contribution < -0.4 is 5.32 Å². The Morgan fingerprint density at radius 1 is 1.17 bits per heavy atom. The molecule has 0 aliphatic carbocycles. The number of hydrogen-bond donors (Lipinski definition) is 1. The minimum absolute atomic E-state index is 0.0645. The van der Waals surface area contributed by atoms with Crippen molar-refractivity contribution in [2.24, 2.45) is 0 Å². The fraction of sp³-hybridized carbons (Fsp3) is 0.368. The molecule has 5 heteroatoms. The van der Waals surface area contributed by atoms with Crippen LogP contribution >= 0.6 is 0 Å². The summed E-state index contributed by atoms with van der Waals surface area (Å²) in [6.07, 6.45) is 3.55. The Morgan fingerprint density at radius 2 is 1.96 bits per heavy atom. The van der Waals surface area contributed by atoms with E-state index in [0.29, 0.717) is 26.3 Å². The summed E-state index contributed by atoms with van der Waals surface area (Å²) in [6.45, 7) is 6.60. The molecule has 0 bridgehead atoms. The number of pyridine rings is 1. The minimum Gasteiger partial charge on any atom is -0.378 e. The van der Waals surface area contributed by atoms with Crippen LogP contribution in [0.25, 0.3) is 0 Å². The van der Waals surface area contributed by atoms with Crippen LogP contribution in [0.4, 0.5) is 4.79 Å². The molecule has 1 saturated heterocycles. The van der Waals surface area contributed by atoms with Gasteiger partial charge in [0.2, 0.25) is 0 Å². The van der Waals surface area contributed by atoms with Gasteiger partial charge < -0.3 is 15.0 Å². The first-order valence-corrected chi connectivity index (χ1v) is 8.25. The lowest BCUT2D eigenvalue weighted by Crippen LogP contribution is -2.47. The normalized spacial score (nSPS) is 15.8. The number of hydrogen-bond acceptors (Lipinski definition) is 3. The van der Waals surface area contributed by atoms with Crippen molar-refractivity contribution in [2.45, 2.75) is 19.9 Å². The molecule has 126 valence electrons. The largest absolute Gasteiger partial charge is 0.378 e. The van der Waals surface area contributed by atoms with Gasteiger partial charge in [-0.2, -0.15) is 0 Å². The fourth-order valence-corrected chi connectivity index (χ4v) is 2.83. The molecule has 0 radical (unpaired) electrons. The van der Waals surface area contributed by atoms with Crippen molar-refractivity contribution in [2.75, 3.05) is 26.3 Å². The molecule has 0 spiro atoms. The fourth-order valence-electron chi connectivity index (χ4n) is 2.83. The molecule has 1 fully saturated rings. The van der Waals surface area contributed by atoms with Gasteiger partial charge >= 0.3 is 6.03 Å². The molecule has 3 rings (SSSR count). The Morgan fingerprint density at radius 3 is 2.62 bits per heavy atom. The summed E-state index contributed by atoms with van der Waals surface area (Å²) in [5.41, 5.74) is 4.49. The average Bonchev–Trinajstić information content (AvgIpc) is 2.63. The quantitative estimate of drug-likeness (QED) is 0.944. The summed E-state index contributed by atoms with van der Waals surface area (Å²) in [5.74, 6) is 0. The highest BCUT2D eigenvalue weighted by Gasteiger charge is 2.22. The Labute approximate surface area is 142 Å². The highest BCUT2D eigenvalue weighted by molar-refractivity contribution is 5.75. The summed E-state index contributed by atoms with van der Waals surface area (Å²) >= 11 is 0. The molecule has 1 aromatic heterocycles. The first-order chi connectivity index (χ1) is 11.6. The van der Waals surface area contributed by atoms with Gasteiger partial charge in [-0.25, -0.2) is 4.79 Å². The van der Waals surface area contributed by atoms with Crippen molar-refractivity contribution in [3.05, 3.63) is 65.0 Å². The predicted octanol–water partition coefficient (Wildman–Crippen LogP) is 2.83. The molecule has 1 aliphatic heterocycles. The number of ether oxygens (including phenoxy) is 1. The summed E-state index contributed by atoms with van der Waals surface area (Å²) in [7, 11) is 0. The van der Waals surface area contributed by atoms with E-state index in [9.17, 15) is 4.79 Å². The minimum atomic E-state index is -0.214. The third kappa shape index (κ3) is 3.74. The number of carbonyl (C=O) groups is 1. The number of urea groups is 1. The van der Waals surface area contributed by atoms with E-state index >= 15 is 0 Å². The van der Waals surface area contributed by atoms with Crippen LogP contribution in [0.15, 0.2) is 42.7 Å². The summed E-state index contributed by atoms with van der Waals surface area (Å²) in [6, 6.07) is 9.90. The summed E-state index contributed by atoms with van der Waals surface area (Å²) < 4.78 is 5.32. The molecule has 2 amide bonds. The van der Waals surface area contributed by atoms with Crippen molar-refractivity contribution in [1.82, 2.24) is 15.2 Å². The van der Waals surface area contributed by atoms with Crippen LogP contribution in [0.1, 0.15) is 28.3 Å². The molecule has 5 nitrogen and oxygen atoms in total. The summed E-state index contributed by atoms with van der Waals surface area (Å²) in [5, 5.41) is 3.16. The molecular weight excluding hydrogens is 302 g/mol. The maximum Gasteiger partial charge on any atom is 0.318 e. The molecule has 1 unspecified atom stereocenters. The standard InChI is InChI=1S/C19H23N3O2/c1-14-5-6-16(12-15(14)2)18(17-4-3-7-20-13-17)21-19(23)22-8-10-24-11-9-22/h3-7,12-13,18H,8-11H2,1-2H3,(H,21,23). The molecule has 24 heavy (non-hydrogen) atoms. The highest BCUT2D eigenvalue weighted by atomic mass is 16.5. The van der Waals surface area contributed by atoms with E-state index in [1.165, 1.54) is 11.1 Å². The van der Waals surface area contributed by atoms with E-state index in [1.807, 2.05) is 12.1 Å². The second-order valence-corrected chi connectivity index (χ2v) is 6.11. The van der Waals surface area contributed by atoms with E-state index in [4.69, 9.17) is 4.74 Å². The molecule has 1 N–H and O–H groups in total. The second kappa shape index (κ2) is 7.45. The second-order valence-electron chi connectivity index (χ2n) is 6.11. The van der Waals surface area contributed by atoms with Crippen molar-refractivity contribution in [3.8, 4) is 0 Å². The van der Waals surface area contributed by atoms with Crippen LogP contribution in [0, 0.1) is 13.8 Å². The van der Waals surface area contributed by atoms with Crippen LogP contribution in [-0.2, 0) is 4.74 Å². The predicted molar refractivity (Wildman–Crippen MR) is 92.9 cm³/mol. The van der Waals surface area contributed by atoms with Gasteiger partial charge in [0.25, 0.3) is 0 Å². The lowest BCUT2D eigenvalue weighted by Gasteiger charge is -2.29. The number of morpholine rings is 1. The third-order valence-corrected chi connectivity index (χ3v) is 4.45. The smallest absolute Gasteiger partial charge is 0.318 e. The van der Waals surface area contributed by atoms with Crippen LogP contribution in [0.2, 0.25) is 0 Å². The number of amides is 2. The van der Waals surface area contributed by atoms with E-state index < -0.39 is 0 Å². The number of rotatable bonds is 3. The maximum atomic E-state index is 12.6. The van der Waals surface area contributed by atoms with Gasteiger partial charge in [-0.05, 0) is 42.2 Å². The Balaban J connectivity index is 1.87. The van der Waals surface area contributed by atoms with Gasteiger partial charge in [0.1, 0.15) is 0 Å². The van der Waals surface area contributed by atoms with Gasteiger partial charge in [0.15, 0.2) is 0 Å². The highest BCUT2D eigenvalue weighted by Crippen LogP contribution is 2.24. The van der Waals surface area contributed by atoms with E-state index in [1.54, 1.807) is 17.3 Å². The third-order valence-electron chi connectivity index (χ3n) is 4.45. The summed E-state index contributed by atoms with van der Waals surface area (Å²) in [4.78, 5) is 18.7. The van der Waals surface area contributed by atoms with E-state index in [-0.39, 0.29) is 12.1 Å². The zero-order chi connectivity index (χ0) is 16.9. The van der Waals surface area contributed by atoms with Crippen LogP contribution in [0.3, 0.4) is 0 Å². The maximum absolute atomic E-state index is 12.6. The zero-order valence-corrected chi connectivity index (χ0v) is 14.2. The van der Waals surface area contributed by atoms with Gasteiger partial charge in [-0.1, -0.05) is 24.3 Å². The van der Waals surface area contributed by atoms with Crippen molar-refractivity contribution >= 4 is 6.03 Å². The Hall–Kier alpha value is -2.40. The first-order valence-electron chi connectivity index (χ1n) is 8.25. The van der Waals surface area contributed by atoms with Crippen molar-refractivity contribution in [3.63, 3.8) is 0 Å². The number of benzene rings is 1. The SMILES string of the molecule is Cc1ccc(C(NC(=O)N2CCOCC2)c2cccnc2)cc1C. The van der Waals surface area contributed by atoms with Crippen LogP contribution in [0.5, 0.6) is 0 Å². The number of nitrogens with one attached hydrogen (secondary N) is 1. The van der Waals surface area contributed by atoms with Crippen LogP contribution in [-0.4, -0.2) is 42.2 Å². The molecule has 0 saturated carbocycles. The van der Waals surface area contributed by atoms with Crippen molar-refractivity contribution in [1.29, 1.82) is 0 Å². The lowest BCUT2D eigenvalue weighted by atomic mass is 9.96. The molecule has 2 aromatic rings. The average molecular weight is 325 g/mol. The van der Waals surface area contributed by atoms with Crippen molar-refractivity contribution < 1.29 is 9.53 Å². The number of nitrogens with zero attached hydrogens (tertiary/aromatic N) is 2. The molecular formula is C19H23N3O2. The lowest BCUT2D eigenvalue weighted by molar-refractivity contribution is 0.0528. The zero-order valence-electron chi connectivity index (χ0n) is 14.2. The first kappa shape index (κ1) is 16.5. The molecule has 1 aliphatic rings. The van der Waals surface area contributed by atoms with E-state index in [0.717, 1.165) is 11.1 Å². The number of aromatic nitrogens is 1. The topological polar surface area (TPSA) is 54.5 Å². The van der Waals surface area contributed by atoms with Gasteiger partial charge in [-0.15, -0.1) is 0 Å². The monoisotopic (exact) mass is 325 g/mol. The van der Waals surface area contributed by atoms with Gasteiger partial charge in [-0.3, -0.25) is 4.98 Å². The Kier molecular flexibility index (Phi) is 5.11. The van der Waals surface area contributed by atoms with Gasteiger partial charge in [0, 0.05) is 25.5 Å². The molecule has 2 heterocycles. The molecule has 1 atom stereocenters. The van der Waals surface area contributed by atoms with E-state index in [2.05, 4.69) is 42.3 Å². The van der Waals surface area contributed by atoms with Gasteiger partial charge in [0.05, 0.1) is 19.3 Å². The Bertz CT molecular complexity index is 697. The number of carbonyl (C=O) groups excluding carboxylic acids is 1. The number of aryl methyl sites for hydroxylation is 2.